The molecule has 1 aromatic carbocycles. The van der Waals surface area contributed by atoms with E-state index in [1.165, 1.54) is 0 Å². The summed E-state index contributed by atoms with van der Waals surface area (Å²) in [6, 6.07) is 5.60. The maximum absolute atomic E-state index is 11.6. The van der Waals surface area contributed by atoms with Gasteiger partial charge in [-0.05, 0) is 37.7 Å². The fraction of sp³-hybridized carbons (Fsp3) is 0.357. The smallest absolute Gasteiger partial charge is 0.261 e. The summed E-state index contributed by atoms with van der Waals surface area (Å²) in [5.41, 5.74) is 1.07. The number of benzene rings is 1. The molecule has 2 N–H and O–H groups in total. The average Bonchev–Trinajstić information content (AvgIpc) is 2.40. The molecule has 0 fully saturated rings. The van der Waals surface area contributed by atoms with Gasteiger partial charge in [0.2, 0.25) is 0 Å². The molecule has 1 amide bonds. The van der Waals surface area contributed by atoms with Gasteiger partial charge in [-0.15, -0.1) is 6.42 Å². The van der Waals surface area contributed by atoms with Crippen LogP contribution in [-0.4, -0.2) is 25.6 Å². The molecular formula is C14H17BrN2O2. The molecule has 0 bridgehead atoms. The van der Waals surface area contributed by atoms with Crippen LogP contribution in [0.1, 0.15) is 12.5 Å². The van der Waals surface area contributed by atoms with Crippen LogP contribution in [0.4, 0.5) is 0 Å². The van der Waals surface area contributed by atoms with Gasteiger partial charge in [-0.1, -0.05) is 21.9 Å². The van der Waals surface area contributed by atoms with Gasteiger partial charge in [0.15, 0.2) is 6.10 Å². The number of nitrogens with one attached hydrogen (secondary N) is 2. The number of carbonyl (C=O) groups excluding carboxylic acids is 1. The van der Waals surface area contributed by atoms with Crippen LogP contribution in [0.25, 0.3) is 0 Å². The molecule has 5 heteroatoms. The quantitative estimate of drug-likeness (QED) is 0.783. The van der Waals surface area contributed by atoms with Gasteiger partial charge in [0.1, 0.15) is 5.75 Å². The SMILES string of the molecule is C#CCNC(=O)C(C)Oc1ccc(Br)c(CNC)c1. The number of hydrogen-bond donors (Lipinski definition) is 2. The summed E-state index contributed by atoms with van der Waals surface area (Å²) in [6.07, 6.45) is 4.50. The Morgan fingerprint density at radius 3 is 2.95 bits per heavy atom. The largest absolute Gasteiger partial charge is 0.481 e. The monoisotopic (exact) mass is 324 g/mol. The summed E-state index contributed by atoms with van der Waals surface area (Å²) in [4.78, 5) is 11.6. The summed E-state index contributed by atoms with van der Waals surface area (Å²) in [6.45, 7) is 2.61. The van der Waals surface area contributed by atoms with Gasteiger partial charge in [-0.2, -0.15) is 0 Å². The first-order chi connectivity index (χ1) is 9.08. The molecule has 1 atom stereocenters. The van der Waals surface area contributed by atoms with Crippen molar-refractivity contribution in [3.63, 3.8) is 0 Å². The molecule has 0 saturated heterocycles. The highest BCUT2D eigenvalue weighted by atomic mass is 79.9. The number of terminal acetylenes is 1. The molecule has 0 spiro atoms. The van der Waals surface area contributed by atoms with Crippen molar-refractivity contribution in [1.82, 2.24) is 10.6 Å². The van der Waals surface area contributed by atoms with E-state index in [0.29, 0.717) is 5.75 Å². The average molecular weight is 325 g/mol. The third-order valence-corrected chi connectivity index (χ3v) is 3.20. The lowest BCUT2D eigenvalue weighted by molar-refractivity contribution is -0.126. The van der Waals surface area contributed by atoms with Crippen LogP contribution < -0.4 is 15.4 Å². The molecule has 19 heavy (non-hydrogen) atoms. The number of ether oxygens (including phenoxy) is 1. The number of amides is 1. The molecule has 102 valence electrons. The third kappa shape index (κ3) is 4.93. The van der Waals surface area contributed by atoms with Crippen molar-refractivity contribution >= 4 is 21.8 Å². The van der Waals surface area contributed by atoms with E-state index in [-0.39, 0.29) is 12.5 Å². The lowest BCUT2D eigenvalue weighted by atomic mass is 10.2. The minimum absolute atomic E-state index is 0.206. The zero-order valence-electron chi connectivity index (χ0n) is 11.0. The van der Waals surface area contributed by atoms with Crippen molar-refractivity contribution in [2.75, 3.05) is 13.6 Å². The molecule has 0 heterocycles. The van der Waals surface area contributed by atoms with Crippen LogP contribution in [0.5, 0.6) is 5.75 Å². The van der Waals surface area contributed by atoms with E-state index >= 15 is 0 Å². The number of rotatable bonds is 6. The lowest BCUT2D eigenvalue weighted by Crippen LogP contribution is -2.36. The highest BCUT2D eigenvalue weighted by molar-refractivity contribution is 9.10. The third-order valence-electron chi connectivity index (χ3n) is 2.43. The standard InChI is InChI=1S/C14H17BrN2O2/c1-4-7-17-14(18)10(2)19-12-5-6-13(15)11(8-12)9-16-3/h1,5-6,8,10,16H,7,9H2,2-3H3,(H,17,18). The van der Waals surface area contributed by atoms with Crippen LogP contribution in [-0.2, 0) is 11.3 Å². The molecule has 1 unspecified atom stereocenters. The Hall–Kier alpha value is -1.51. The Morgan fingerprint density at radius 2 is 2.32 bits per heavy atom. The molecule has 0 saturated carbocycles. The first kappa shape index (κ1) is 15.5. The van der Waals surface area contributed by atoms with Gasteiger partial charge in [0.25, 0.3) is 5.91 Å². The molecular weight excluding hydrogens is 308 g/mol. The van der Waals surface area contributed by atoms with Gasteiger partial charge >= 0.3 is 0 Å². The van der Waals surface area contributed by atoms with Gasteiger partial charge in [0.05, 0.1) is 6.54 Å². The van der Waals surface area contributed by atoms with Crippen LogP contribution in [0, 0.1) is 12.3 Å². The van der Waals surface area contributed by atoms with Crippen LogP contribution >= 0.6 is 15.9 Å². The van der Waals surface area contributed by atoms with Crippen molar-refractivity contribution in [2.45, 2.75) is 19.6 Å². The fourth-order valence-corrected chi connectivity index (χ4v) is 1.88. The van der Waals surface area contributed by atoms with E-state index in [2.05, 4.69) is 32.5 Å². The maximum atomic E-state index is 11.6. The minimum atomic E-state index is -0.586. The number of carbonyl (C=O) groups is 1. The molecule has 0 aliphatic carbocycles. The van der Waals surface area contributed by atoms with E-state index < -0.39 is 6.10 Å². The topological polar surface area (TPSA) is 50.4 Å². The summed E-state index contributed by atoms with van der Waals surface area (Å²) >= 11 is 3.46. The van der Waals surface area contributed by atoms with Gasteiger partial charge < -0.3 is 15.4 Å². The van der Waals surface area contributed by atoms with Gasteiger partial charge in [-0.25, -0.2) is 0 Å². The van der Waals surface area contributed by atoms with Crippen LogP contribution in [0.3, 0.4) is 0 Å². The second-order valence-corrected chi connectivity index (χ2v) is 4.82. The van der Waals surface area contributed by atoms with Crippen molar-refractivity contribution in [1.29, 1.82) is 0 Å². The van der Waals surface area contributed by atoms with E-state index in [0.717, 1.165) is 16.6 Å². The highest BCUT2D eigenvalue weighted by Crippen LogP contribution is 2.23. The molecule has 0 radical (unpaired) electrons. The molecule has 4 nitrogen and oxygen atoms in total. The molecule has 1 rings (SSSR count). The van der Waals surface area contributed by atoms with Crippen LogP contribution in [0.2, 0.25) is 0 Å². The van der Waals surface area contributed by atoms with Gasteiger partial charge in [-0.3, -0.25) is 4.79 Å². The molecule has 0 aliphatic heterocycles. The number of hydrogen-bond acceptors (Lipinski definition) is 3. The van der Waals surface area contributed by atoms with E-state index in [1.54, 1.807) is 6.92 Å². The molecule has 1 aromatic rings. The Bertz CT molecular complexity index is 483. The first-order valence-electron chi connectivity index (χ1n) is 5.89. The molecule has 0 aliphatic rings. The Kier molecular flexibility index (Phi) is 6.40. The normalized spacial score (nSPS) is 11.5. The number of halogens is 1. The Morgan fingerprint density at radius 1 is 1.58 bits per heavy atom. The minimum Gasteiger partial charge on any atom is -0.481 e. The summed E-state index contributed by atoms with van der Waals surface area (Å²) in [5.74, 6) is 2.77. The van der Waals surface area contributed by atoms with Crippen molar-refractivity contribution in [2.24, 2.45) is 0 Å². The second-order valence-electron chi connectivity index (χ2n) is 3.97. The Labute approximate surface area is 122 Å². The summed E-state index contributed by atoms with van der Waals surface area (Å²) in [7, 11) is 1.87. The van der Waals surface area contributed by atoms with Crippen molar-refractivity contribution in [3.05, 3.63) is 28.2 Å². The van der Waals surface area contributed by atoms with E-state index in [4.69, 9.17) is 11.2 Å². The highest BCUT2D eigenvalue weighted by Gasteiger charge is 2.14. The van der Waals surface area contributed by atoms with E-state index in [1.807, 2.05) is 25.2 Å². The fourth-order valence-electron chi connectivity index (χ4n) is 1.49. The zero-order valence-corrected chi connectivity index (χ0v) is 12.6. The predicted octanol–water partition coefficient (Wildman–Crippen LogP) is 1.69. The first-order valence-corrected chi connectivity index (χ1v) is 6.68. The molecule has 0 aromatic heterocycles. The van der Waals surface area contributed by atoms with Gasteiger partial charge in [0, 0.05) is 11.0 Å². The predicted molar refractivity (Wildman–Crippen MR) is 78.8 cm³/mol. The Balaban J connectivity index is 2.69. The van der Waals surface area contributed by atoms with Crippen molar-refractivity contribution < 1.29 is 9.53 Å². The lowest BCUT2D eigenvalue weighted by Gasteiger charge is -2.15. The maximum Gasteiger partial charge on any atom is 0.261 e. The van der Waals surface area contributed by atoms with Crippen LogP contribution in [0.15, 0.2) is 22.7 Å². The summed E-state index contributed by atoms with van der Waals surface area (Å²) < 4.78 is 6.58. The zero-order chi connectivity index (χ0) is 14.3. The van der Waals surface area contributed by atoms with E-state index in [9.17, 15) is 4.79 Å². The second kappa shape index (κ2) is 7.82. The van der Waals surface area contributed by atoms with Crippen molar-refractivity contribution in [3.8, 4) is 18.1 Å². The summed E-state index contributed by atoms with van der Waals surface area (Å²) in [5, 5.41) is 5.65.